The number of amides is 1. The number of hydrogen-bond donors (Lipinski definition) is 0. The van der Waals surface area contributed by atoms with E-state index in [1.54, 1.807) is 22.8 Å². The number of carbonyl (C=O) groups is 1. The Hall–Kier alpha value is -1.83. The second-order valence-corrected chi connectivity index (χ2v) is 4.30. The van der Waals surface area contributed by atoms with Crippen molar-refractivity contribution in [2.24, 2.45) is 7.05 Å². The van der Waals surface area contributed by atoms with Crippen molar-refractivity contribution in [1.82, 2.24) is 14.7 Å². The highest BCUT2D eigenvalue weighted by atomic mass is 16.2. The second kappa shape index (κ2) is 5.48. The van der Waals surface area contributed by atoms with Crippen molar-refractivity contribution in [1.29, 1.82) is 5.26 Å². The zero-order valence-corrected chi connectivity index (χ0v) is 10.8. The molecule has 92 valence electrons. The number of nitriles is 1. The van der Waals surface area contributed by atoms with Crippen LogP contribution in [0.2, 0.25) is 0 Å². The van der Waals surface area contributed by atoms with Crippen LogP contribution >= 0.6 is 0 Å². The summed E-state index contributed by atoms with van der Waals surface area (Å²) in [5.41, 5.74) is 1.33. The summed E-state index contributed by atoms with van der Waals surface area (Å²) in [7, 11) is 1.79. The van der Waals surface area contributed by atoms with Gasteiger partial charge in [-0.15, -0.1) is 0 Å². The predicted molar refractivity (Wildman–Crippen MR) is 64.3 cm³/mol. The van der Waals surface area contributed by atoms with Crippen LogP contribution in [0.25, 0.3) is 0 Å². The molecule has 0 aliphatic heterocycles. The molecule has 5 heteroatoms. The number of nitrogens with zero attached hydrogens (tertiary/aromatic N) is 4. The maximum atomic E-state index is 12.3. The summed E-state index contributed by atoms with van der Waals surface area (Å²) in [6.07, 6.45) is 2.07. The molecule has 0 fully saturated rings. The van der Waals surface area contributed by atoms with Crippen LogP contribution in [0, 0.1) is 18.3 Å². The molecule has 1 aromatic rings. The standard InChI is InChI=1S/C12H18N4O/c1-9(2)16(7-5-6-13)12(17)11-8-15(4)14-10(11)3/h8-9H,5,7H2,1-4H3. The lowest BCUT2D eigenvalue weighted by atomic mass is 10.2. The van der Waals surface area contributed by atoms with Gasteiger partial charge in [0.05, 0.1) is 23.7 Å². The predicted octanol–water partition coefficient (Wildman–Crippen LogP) is 1.49. The van der Waals surface area contributed by atoms with Crippen LogP contribution in [0.15, 0.2) is 6.20 Å². The van der Waals surface area contributed by atoms with E-state index in [1.165, 1.54) is 0 Å². The SMILES string of the molecule is Cc1nn(C)cc1C(=O)N(CCC#N)C(C)C. The Bertz CT molecular complexity index is 442. The van der Waals surface area contributed by atoms with E-state index in [1.807, 2.05) is 20.8 Å². The number of aromatic nitrogens is 2. The lowest BCUT2D eigenvalue weighted by molar-refractivity contribution is 0.0709. The zero-order valence-electron chi connectivity index (χ0n) is 10.8. The Labute approximate surface area is 102 Å². The molecule has 5 nitrogen and oxygen atoms in total. The molecule has 0 saturated heterocycles. The van der Waals surface area contributed by atoms with Gasteiger partial charge < -0.3 is 4.90 Å². The Morgan fingerprint density at radius 1 is 1.65 bits per heavy atom. The molecular weight excluding hydrogens is 216 g/mol. The molecule has 0 unspecified atom stereocenters. The first-order valence-corrected chi connectivity index (χ1v) is 5.65. The molecular formula is C12H18N4O. The van der Waals surface area contributed by atoms with Crippen LogP contribution in [0.1, 0.15) is 36.3 Å². The average Bonchev–Trinajstić information content (AvgIpc) is 2.57. The van der Waals surface area contributed by atoms with E-state index in [9.17, 15) is 4.79 Å². The third kappa shape index (κ3) is 3.06. The van der Waals surface area contributed by atoms with E-state index < -0.39 is 0 Å². The van der Waals surface area contributed by atoms with Gasteiger partial charge in [-0.2, -0.15) is 10.4 Å². The zero-order chi connectivity index (χ0) is 13.0. The summed E-state index contributed by atoms with van der Waals surface area (Å²) in [5, 5.41) is 12.8. The number of rotatable bonds is 4. The maximum Gasteiger partial charge on any atom is 0.257 e. The molecule has 1 rings (SSSR count). The van der Waals surface area contributed by atoms with E-state index in [0.29, 0.717) is 18.5 Å². The molecule has 0 saturated carbocycles. The highest BCUT2D eigenvalue weighted by Gasteiger charge is 2.21. The van der Waals surface area contributed by atoms with Crippen LogP contribution in [-0.4, -0.2) is 33.2 Å². The van der Waals surface area contributed by atoms with Crippen LogP contribution in [-0.2, 0) is 7.05 Å². The van der Waals surface area contributed by atoms with Gasteiger partial charge in [0.1, 0.15) is 0 Å². The van der Waals surface area contributed by atoms with Gasteiger partial charge in [0, 0.05) is 25.8 Å². The molecule has 17 heavy (non-hydrogen) atoms. The summed E-state index contributed by atoms with van der Waals surface area (Å²) in [4.78, 5) is 14.0. The first kappa shape index (κ1) is 13.2. The van der Waals surface area contributed by atoms with Crippen LogP contribution in [0.5, 0.6) is 0 Å². The molecule has 0 aromatic carbocycles. The molecule has 0 N–H and O–H groups in total. The Morgan fingerprint density at radius 3 is 2.71 bits per heavy atom. The minimum atomic E-state index is -0.0548. The number of carbonyl (C=O) groups excluding carboxylic acids is 1. The summed E-state index contributed by atoms with van der Waals surface area (Å²) >= 11 is 0. The molecule has 0 aliphatic carbocycles. The van der Waals surface area contributed by atoms with Gasteiger partial charge in [0.15, 0.2) is 0 Å². The Balaban J connectivity index is 2.92. The Kier molecular flexibility index (Phi) is 4.27. The van der Waals surface area contributed by atoms with Gasteiger partial charge in [-0.05, 0) is 20.8 Å². The van der Waals surface area contributed by atoms with Crippen molar-refractivity contribution in [3.8, 4) is 6.07 Å². The van der Waals surface area contributed by atoms with Crippen molar-refractivity contribution in [2.45, 2.75) is 33.2 Å². The molecule has 1 heterocycles. The number of aryl methyl sites for hydroxylation is 2. The minimum absolute atomic E-state index is 0.0548. The van der Waals surface area contributed by atoms with E-state index in [0.717, 1.165) is 5.69 Å². The molecule has 0 bridgehead atoms. The van der Waals surface area contributed by atoms with Gasteiger partial charge in [0.2, 0.25) is 0 Å². The smallest absolute Gasteiger partial charge is 0.257 e. The fraction of sp³-hybridized carbons (Fsp3) is 0.583. The van der Waals surface area contributed by atoms with E-state index >= 15 is 0 Å². The van der Waals surface area contributed by atoms with E-state index in [-0.39, 0.29) is 11.9 Å². The Morgan fingerprint density at radius 2 is 2.29 bits per heavy atom. The summed E-state index contributed by atoms with van der Waals surface area (Å²) < 4.78 is 1.63. The molecule has 0 aliphatic rings. The minimum Gasteiger partial charge on any atom is -0.335 e. The summed E-state index contributed by atoms with van der Waals surface area (Å²) in [5.74, 6) is -0.0548. The van der Waals surface area contributed by atoms with E-state index in [4.69, 9.17) is 5.26 Å². The maximum absolute atomic E-state index is 12.3. The van der Waals surface area contributed by atoms with Gasteiger partial charge >= 0.3 is 0 Å². The first-order valence-electron chi connectivity index (χ1n) is 5.65. The van der Waals surface area contributed by atoms with Gasteiger partial charge in [-0.1, -0.05) is 0 Å². The van der Waals surface area contributed by atoms with Crippen molar-refractivity contribution >= 4 is 5.91 Å². The largest absolute Gasteiger partial charge is 0.335 e. The van der Waals surface area contributed by atoms with Crippen LogP contribution in [0.4, 0.5) is 0 Å². The normalized spacial score (nSPS) is 10.4. The summed E-state index contributed by atoms with van der Waals surface area (Å²) in [6.45, 7) is 6.17. The van der Waals surface area contributed by atoms with Gasteiger partial charge in [-0.3, -0.25) is 9.48 Å². The molecule has 0 radical (unpaired) electrons. The lowest BCUT2D eigenvalue weighted by Gasteiger charge is -2.25. The topological polar surface area (TPSA) is 61.9 Å². The monoisotopic (exact) mass is 234 g/mol. The van der Waals surface area contributed by atoms with Crippen molar-refractivity contribution in [2.75, 3.05) is 6.54 Å². The molecule has 1 amide bonds. The average molecular weight is 234 g/mol. The third-order valence-corrected chi connectivity index (χ3v) is 2.59. The van der Waals surface area contributed by atoms with Gasteiger partial charge in [0.25, 0.3) is 5.91 Å². The van der Waals surface area contributed by atoms with Crippen LogP contribution < -0.4 is 0 Å². The summed E-state index contributed by atoms with van der Waals surface area (Å²) in [6, 6.07) is 2.14. The highest BCUT2D eigenvalue weighted by molar-refractivity contribution is 5.95. The fourth-order valence-electron chi connectivity index (χ4n) is 1.73. The van der Waals surface area contributed by atoms with Gasteiger partial charge in [-0.25, -0.2) is 0 Å². The first-order chi connectivity index (χ1) is 7.97. The quantitative estimate of drug-likeness (QED) is 0.793. The molecule has 0 spiro atoms. The van der Waals surface area contributed by atoms with Crippen molar-refractivity contribution in [3.63, 3.8) is 0 Å². The highest BCUT2D eigenvalue weighted by Crippen LogP contribution is 2.12. The number of hydrogen-bond acceptors (Lipinski definition) is 3. The third-order valence-electron chi connectivity index (χ3n) is 2.59. The molecule has 1 aromatic heterocycles. The van der Waals surface area contributed by atoms with Crippen LogP contribution in [0.3, 0.4) is 0 Å². The van der Waals surface area contributed by atoms with E-state index in [2.05, 4.69) is 11.2 Å². The second-order valence-electron chi connectivity index (χ2n) is 4.30. The lowest BCUT2D eigenvalue weighted by Crippen LogP contribution is -2.37. The molecule has 0 atom stereocenters. The van der Waals surface area contributed by atoms with Crippen molar-refractivity contribution in [3.05, 3.63) is 17.5 Å². The van der Waals surface area contributed by atoms with Crippen molar-refractivity contribution < 1.29 is 4.79 Å². The fourth-order valence-corrected chi connectivity index (χ4v) is 1.73.